The topological polar surface area (TPSA) is 90.9 Å². The van der Waals surface area contributed by atoms with Gasteiger partial charge in [0.2, 0.25) is 0 Å². The second-order valence-electron chi connectivity index (χ2n) is 2.25. The van der Waals surface area contributed by atoms with Gasteiger partial charge in [-0.05, 0) is 6.42 Å². The third-order valence-corrected chi connectivity index (χ3v) is 2.47. The molecular formula is C7H10N2O3S. The Bertz CT molecular complexity index is 284. The van der Waals surface area contributed by atoms with E-state index in [0.717, 1.165) is 0 Å². The van der Waals surface area contributed by atoms with Crippen molar-refractivity contribution in [2.24, 2.45) is 0 Å². The monoisotopic (exact) mass is 202 g/mol. The van der Waals surface area contributed by atoms with E-state index in [1.807, 2.05) is 6.07 Å². The van der Waals surface area contributed by atoms with Crippen LogP contribution in [-0.4, -0.2) is 20.8 Å². The molecule has 0 aliphatic rings. The Morgan fingerprint density at radius 3 is 2.31 bits per heavy atom. The Labute approximate surface area is 77.7 Å². The van der Waals surface area contributed by atoms with E-state index in [9.17, 15) is 8.42 Å². The van der Waals surface area contributed by atoms with Gasteiger partial charge in [-0.1, -0.05) is 0 Å². The number of nitriles is 2. The van der Waals surface area contributed by atoms with Crippen LogP contribution in [0.25, 0.3) is 0 Å². The lowest BCUT2D eigenvalue weighted by molar-refractivity contribution is 0.326. The SMILES string of the molecule is N#CCCCS(=O)(=O)OCCC#N. The Morgan fingerprint density at radius 1 is 1.15 bits per heavy atom. The fourth-order valence-electron chi connectivity index (χ4n) is 0.601. The molecule has 0 radical (unpaired) electrons. The molecule has 0 amide bonds. The van der Waals surface area contributed by atoms with Crippen molar-refractivity contribution in [1.29, 1.82) is 10.5 Å². The molecule has 0 aromatic carbocycles. The van der Waals surface area contributed by atoms with Crippen LogP contribution in [0.3, 0.4) is 0 Å². The lowest BCUT2D eigenvalue weighted by atomic mass is 10.4. The summed E-state index contributed by atoms with van der Waals surface area (Å²) in [6.45, 7) is -0.106. The van der Waals surface area contributed by atoms with Crippen molar-refractivity contribution in [2.75, 3.05) is 12.4 Å². The summed E-state index contributed by atoms with van der Waals surface area (Å²) in [5.41, 5.74) is 0. The maximum Gasteiger partial charge on any atom is 0.267 e. The molecule has 0 unspecified atom stereocenters. The molecule has 0 saturated heterocycles. The summed E-state index contributed by atoms with van der Waals surface area (Å²) in [6, 6.07) is 3.60. The van der Waals surface area contributed by atoms with Crippen molar-refractivity contribution in [3.8, 4) is 12.1 Å². The molecular weight excluding hydrogens is 192 g/mol. The second-order valence-corrected chi connectivity index (χ2v) is 4.01. The van der Waals surface area contributed by atoms with E-state index < -0.39 is 10.1 Å². The minimum Gasteiger partial charge on any atom is -0.269 e. The smallest absolute Gasteiger partial charge is 0.267 e. The molecule has 13 heavy (non-hydrogen) atoms. The van der Waals surface area contributed by atoms with Gasteiger partial charge in [-0.2, -0.15) is 18.9 Å². The number of hydrogen-bond donors (Lipinski definition) is 0. The molecule has 0 aromatic rings. The normalized spacial score (nSPS) is 10.3. The zero-order valence-corrected chi connectivity index (χ0v) is 7.88. The zero-order valence-electron chi connectivity index (χ0n) is 7.06. The van der Waals surface area contributed by atoms with Crippen LogP contribution in [0.5, 0.6) is 0 Å². The molecule has 0 fully saturated rings. The number of rotatable bonds is 6. The number of hydrogen-bond acceptors (Lipinski definition) is 5. The third-order valence-electron chi connectivity index (χ3n) is 1.16. The maximum absolute atomic E-state index is 10.9. The average Bonchev–Trinajstić information content (AvgIpc) is 2.05. The molecule has 0 spiro atoms. The van der Waals surface area contributed by atoms with E-state index in [4.69, 9.17) is 10.5 Å². The molecule has 0 heterocycles. The van der Waals surface area contributed by atoms with Gasteiger partial charge >= 0.3 is 0 Å². The molecule has 0 bridgehead atoms. The minimum absolute atomic E-state index is 0.0531. The molecule has 0 aromatic heterocycles. The van der Waals surface area contributed by atoms with Crippen LogP contribution >= 0.6 is 0 Å². The van der Waals surface area contributed by atoms with Gasteiger partial charge in [0.15, 0.2) is 0 Å². The molecule has 5 nitrogen and oxygen atoms in total. The summed E-state index contributed by atoms with van der Waals surface area (Å²) in [7, 11) is -3.53. The fourth-order valence-corrected chi connectivity index (χ4v) is 1.55. The first-order chi connectivity index (χ1) is 6.12. The molecule has 0 rings (SSSR count). The maximum atomic E-state index is 10.9. The Morgan fingerprint density at radius 2 is 1.77 bits per heavy atom. The van der Waals surface area contributed by atoms with Crippen molar-refractivity contribution < 1.29 is 12.6 Å². The molecule has 6 heteroatoms. The summed E-state index contributed by atoms with van der Waals surface area (Å²) in [5.74, 6) is -0.161. The second kappa shape index (κ2) is 6.41. The first kappa shape index (κ1) is 11.9. The van der Waals surface area contributed by atoms with Gasteiger partial charge in [0.05, 0.1) is 30.9 Å². The molecule has 0 N–H and O–H groups in total. The van der Waals surface area contributed by atoms with Gasteiger partial charge < -0.3 is 0 Å². The van der Waals surface area contributed by atoms with E-state index in [0.29, 0.717) is 0 Å². The Hall–Kier alpha value is -1.11. The van der Waals surface area contributed by atoms with Gasteiger partial charge in [0.25, 0.3) is 10.1 Å². The summed E-state index contributed by atoms with van der Waals surface area (Å²) in [6.07, 6.45) is 0.518. The third kappa shape index (κ3) is 7.26. The lowest BCUT2D eigenvalue weighted by Gasteiger charge is -2.00. The van der Waals surface area contributed by atoms with Crippen LogP contribution in [0.2, 0.25) is 0 Å². The van der Waals surface area contributed by atoms with Crippen LogP contribution in [0, 0.1) is 22.7 Å². The van der Waals surface area contributed by atoms with Crippen molar-refractivity contribution in [3.05, 3.63) is 0 Å². The van der Waals surface area contributed by atoms with E-state index >= 15 is 0 Å². The van der Waals surface area contributed by atoms with Gasteiger partial charge in [-0.15, -0.1) is 0 Å². The highest BCUT2D eigenvalue weighted by Gasteiger charge is 2.09. The Kier molecular flexibility index (Phi) is 5.86. The van der Waals surface area contributed by atoms with Crippen LogP contribution in [-0.2, 0) is 14.3 Å². The van der Waals surface area contributed by atoms with Gasteiger partial charge in [-0.25, -0.2) is 0 Å². The number of nitrogens with zero attached hydrogens (tertiary/aromatic N) is 2. The summed E-state index contributed by atoms with van der Waals surface area (Å²) in [5, 5.41) is 16.3. The van der Waals surface area contributed by atoms with Crippen molar-refractivity contribution in [1.82, 2.24) is 0 Å². The standard InChI is InChI=1S/C7H10N2O3S/c8-4-1-2-7-13(10,11)12-6-3-5-9/h1-3,6-7H2. The van der Waals surface area contributed by atoms with Crippen molar-refractivity contribution in [3.63, 3.8) is 0 Å². The predicted octanol–water partition coefficient (Wildman–Crippen LogP) is 0.550. The summed E-state index contributed by atoms with van der Waals surface area (Å²) >= 11 is 0. The van der Waals surface area contributed by atoms with Crippen LogP contribution in [0.1, 0.15) is 19.3 Å². The first-order valence-electron chi connectivity index (χ1n) is 3.73. The zero-order chi connectivity index (χ0) is 10.2. The van der Waals surface area contributed by atoms with E-state index in [1.54, 1.807) is 6.07 Å². The highest BCUT2D eigenvalue weighted by molar-refractivity contribution is 7.86. The van der Waals surface area contributed by atoms with E-state index in [1.165, 1.54) is 0 Å². The summed E-state index contributed by atoms with van der Waals surface area (Å²) < 4.78 is 26.3. The Balaban J connectivity index is 3.71. The molecule has 0 saturated carbocycles. The van der Waals surface area contributed by atoms with Gasteiger partial charge in [-0.3, -0.25) is 4.18 Å². The molecule has 0 aliphatic heterocycles. The van der Waals surface area contributed by atoms with E-state index in [-0.39, 0.29) is 31.6 Å². The highest BCUT2D eigenvalue weighted by atomic mass is 32.2. The van der Waals surface area contributed by atoms with Crippen LogP contribution in [0.4, 0.5) is 0 Å². The highest BCUT2D eigenvalue weighted by Crippen LogP contribution is 1.99. The van der Waals surface area contributed by atoms with Gasteiger partial charge in [0.1, 0.15) is 0 Å². The van der Waals surface area contributed by atoms with Crippen molar-refractivity contribution in [2.45, 2.75) is 19.3 Å². The molecule has 0 aliphatic carbocycles. The van der Waals surface area contributed by atoms with Gasteiger partial charge in [0, 0.05) is 6.42 Å². The minimum atomic E-state index is -3.53. The van der Waals surface area contributed by atoms with E-state index in [2.05, 4.69) is 4.18 Å². The van der Waals surface area contributed by atoms with Crippen LogP contribution in [0.15, 0.2) is 0 Å². The number of unbranched alkanes of at least 4 members (excludes halogenated alkanes) is 1. The lowest BCUT2D eigenvalue weighted by Crippen LogP contribution is -2.11. The average molecular weight is 202 g/mol. The predicted molar refractivity (Wildman–Crippen MR) is 44.8 cm³/mol. The molecule has 0 atom stereocenters. The fraction of sp³-hybridized carbons (Fsp3) is 0.714. The molecule has 72 valence electrons. The largest absolute Gasteiger partial charge is 0.269 e. The van der Waals surface area contributed by atoms with Crippen LogP contribution < -0.4 is 0 Å². The quantitative estimate of drug-likeness (QED) is 0.463. The van der Waals surface area contributed by atoms with Crippen molar-refractivity contribution >= 4 is 10.1 Å². The summed E-state index contributed by atoms with van der Waals surface area (Å²) in [4.78, 5) is 0. The first-order valence-corrected chi connectivity index (χ1v) is 5.31.